The van der Waals surface area contributed by atoms with Crippen molar-refractivity contribution in [1.29, 1.82) is 0 Å². The van der Waals surface area contributed by atoms with Gasteiger partial charge in [-0.3, -0.25) is 0 Å². The van der Waals surface area contributed by atoms with Crippen LogP contribution in [0.25, 0.3) is 0 Å². The highest BCUT2D eigenvalue weighted by Crippen LogP contribution is 2.35. The topological polar surface area (TPSA) is 26.0 Å². The van der Waals surface area contributed by atoms with E-state index in [0.717, 1.165) is 15.4 Å². The molecule has 5 heteroatoms. The normalized spacial score (nSPS) is 10.7. The molecule has 0 saturated heterocycles. The van der Waals surface area contributed by atoms with Crippen LogP contribution in [0.2, 0.25) is 15.1 Å². The quantitative estimate of drug-likeness (QED) is 0.835. The highest BCUT2D eigenvalue weighted by molar-refractivity contribution is 7.99. The lowest BCUT2D eigenvalue weighted by atomic mass is 10.2. The van der Waals surface area contributed by atoms with Crippen molar-refractivity contribution in [2.24, 2.45) is 5.73 Å². The Balaban J connectivity index is 2.30. The Kier molecular flexibility index (Phi) is 4.82. The van der Waals surface area contributed by atoms with Crippen LogP contribution in [0.4, 0.5) is 0 Å². The molecule has 0 amide bonds. The van der Waals surface area contributed by atoms with Gasteiger partial charge in [-0.15, -0.1) is 0 Å². The van der Waals surface area contributed by atoms with Crippen LogP contribution in [0.15, 0.2) is 46.2 Å². The third kappa shape index (κ3) is 3.34. The lowest BCUT2D eigenvalue weighted by Gasteiger charge is -2.08. The molecular formula is C13H10Cl3NS. The third-order valence-electron chi connectivity index (χ3n) is 2.36. The fourth-order valence-corrected chi connectivity index (χ4v) is 3.01. The highest BCUT2D eigenvalue weighted by atomic mass is 35.5. The lowest BCUT2D eigenvalue weighted by molar-refractivity contribution is 1.03. The van der Waals surface area contributed by atoms with Crippen LogP contribution >= 0.6 is 46.6 Å². The summed E-state index contributed by atoms with van der Waals surface area (Å²) >= 11 is 19.4. The average molecular weight is 319 g/mol. The molecular weight excluding hydrogens is 309 g/mol. The van der Waals surface area contributed by atoms with Gasteiger partial charge in [0.2, 0.25) is 0 Å². The molecule has 2 aromatic rings. The maximum Gasteiger partial charge on any atom is 0.0603 e. The molecule has 0 aromatic heterocycles. The van der Waals surface area contributed by atoms with Gasteiger partial charge >= 0.3 is 0 Å². The molecule has 0 unspecified atom stereocenters. The second-order valence-corrected chi connectivity index (χ2v) is 6.00. The lowest BCUT2D eigenvalue weighted by Crippen LogP contribution is -1.98. The highest BCUT2D eigenvalue weighted by Gasteiger charge is 2.06. The number of hydrogen-bond acceptors (Lipinski definition) is 2. The molecule has 2 aromatic carbocycles. The molecule has 0 saturated carbocycles. The van der Waals surface area contributed by atoms with Crippen molar-refractivity contribution in [1.82, 2.24) is 0 Å². The first-order valence-corrected chi connectivity index (χ1v) is 7.16. The number of nitrogens with two attached hydrogens (primary N) is 1. The zero-order valence-electron chi connectivity index (χ0n) is 9.29. The van der Waals surface area contributed by atoms with Gasteiger partial charge < -0.3 is 5.73 Å². The first kappa shape index (κ1) is 14.0. The van der Waals surface area contributed by atoms with E-state index in [2.05, 4.69) is 0 Å². The van der Waals surface area contributed by atoms with E-state index in [4.69, 9.17) is 40.5 Å². The Hall–Kier alpha value is -0.380. The minimum Gasteiger partial charge on any atom is -0.326 e. The van der Waals surface area contributed by atoms with E-state index in [-0.39, 0.29) is 0 Å². The van der Waals surface area contributed by atoms with E-state index in [1.54, 1.807) is 17.8 Å². The van der Waals surface area contributed by atoms with E-state index in [0.29, 0.717) is 21.6 Å². The average Bonchev–Trinajstić information content (AvgIpc) is 2.36. The summed E-state index contributed by atoms with van der Waals surface area (Å²) in [6.07, 6.45) is 0. The second-order valence-electron chi connectivity index (χ2n) is 3.63. The summed E-state index contributed by atoms with van der Waals surface area (Å²) in [5, 5.41) is 1.79. The van der Waals surface area contributed by atoms with Crippen LogP contribution in [0.1, 0.15) is 5.56 Å². The molecule has 0 aliphatic rings. The SMILES string of the molecule is NCc1cc(Cl)ccc1Sc1ccc(Cl)c(Cl)c1. The molecule has 94 valence electrons. The van der Waals surface area contributed by atoms with Crippen molar-refractivity contribution in [2.45, 2.75) is 16.3 Å². The number of halogens is 3. The van der Waals surface area contributed by atoms with Crippen molar-refractivity contribution < 1.29 is 0 Å². The van der Waals surface area contributed by atoms with Crippen molar-refractivity contribution in [3.63, 3.8) is 0 Å². The monoisotopic (exact) mass is 317 g/mol. The molecule has 18 heavy (non-hydrogen) atoms. The largest absolute Gasteiger partial charge is 0.326 e. The fraction of sp³-hybridized carbons (Fsp3) is 0.0769. The van der Waals surface area contributed by atoms with Gasteiger partial charge in [-0.05, 0) is 42.0 Å². The molecule has 1 nitrogen and oxygen atoms in total. The standard InChI is InChI=1S/C13H10Cl3NS/c14-9-1-4-13(8(5-9)7-17)18-10-2-3-11(15)12(16)6-10/h1-6H,7,17H2. The second kappa shape index (κ2) is 6.18. The molecule has 0 aliphatic carbocycles. The minimum atomic E-state index is 0.449. The van der Waals surface area contributed by atoms with E-state index < -0.39 is 0 Å². The van der Waals surface area contributed by atoms with E-state index in [9.17, 15) is 0 Å². The van der Waals surface area contributed by atoms with Gasteiger partial charge in [0.15, 0.2) is 0 Å². The van der Waals surface area contributed by atoms with Crippen molar-refractivity contribution in [3.05, 3.63) is 57.0 Å². The Bertz CT molecular complexity index is 572. The van der Waals surface area contributed by atoms with Crippen LogP contribution in [-0.4, -0.2) is 0 Å². The van der Waals surface area contributed by atoms with E-state index in [1.807, 2.05) is 30.3 Å². The van der Waals surface area contributed by atoms with Gasteiger partial charge in [0.05, 0.1) is 10.0 Å². The summed E-state index contributed by atoms with van der Waals surface area (Å²) in [5.41, 5.74) is 6.72. The van der Waals surface area contributed by atoms with Crippen LogP contribution in [0, 0.1) is 0 Å². The zero-order valence-corrected chi connectivity index (χ0v) is 12.4. The first-order valence-electron chi connectivity index (χ1n) is 5.21. The van der Waals surface area contributed by atoms with Gasteiger partial charge in [-0.25, -0.2) is 0 Å². The predicted molar refractivity (Wildman–Crippen MR) is 79.9 cm³/mol. The Labute approximate surface area is 125 Å². The molecule has 0 aliphatic heterocycles. The number of benzene rings is 2. The fourth-order valence-electron chi connectivity index (χ4n) is 1.47. The maximum absolute atomic E-state index is 5.99. The molecule has 0 atom stereocenters. The van der Waals surface area contributed by atoms with Crippen LogP contribution in [-0.2, 0) is 6.54 Å². The Morgan fingerprint density at radius 1 is 0.944 bits per heavy atom. The van der Waals surface area contributed by atoms with E-state index >= 15 is 0 Å². The van der Waals surface area contributed by atoms with Gasteiger partial charge in [0, 0.05) is 21.4 Å². The van der Waals surface area contributed by atoms with Crippen molar-refractivity contribution in [2.75, 3.05) is 0 Å². The Morgan fingerprint density at radius 2 is 1.72 bits per heavy atom. The molecule has 0 bridgehead atoms. The van der Waals surface area contributed by atoms with Gasteiger partial charge in [-0.1, -0.05) is 46.6 Å². The number of hydrogen-bond donors (Lipinski definition) is 1. The summed E-state index contributed by atoms with van der Waals surface area (Å²) in [4.78, 5) is 2.08. The van der Waals surface area contributed by atoms with Crippen LogP contribution in [0.3, 0.4) is 0 Å². The molecule has 0 fully saturated rings. The van der Waals surface area contributed by atoms with Crippen molar-refractivity contribution >= 4 is 46.6 Å². The van der Waals surface area contributed by atoms with Gasteiger partial charge in [0.1, 0.15) is 0 Å². The molecule has 2 N–H and O–H groups in total. The third-order valence-corrected chi connectivity index (χ3v) is 4.44. The van der Waals surface area contributed by atoms with E-state index in [1.165, 1.54) is 0 Å². The molecule has 0 heterocycles. The first-order chi connectivity index (χ1) is 8.60. The van der Waals surface area contributed by atoms with Crippen LogP contribution in [0.5, 0.6) is 0 Å². The zero-order chi connectivity index (χ0) is 13.1. The van der Waals surface area contributed by atoms with Gasteiger partial charge in [-0.2, -0.15) is 0 Å². The molecule has 0 spiro atoms. The van der Waals surface area contributed by atoms with Crippen LogP contribution < -0.4 is 5.73 Å². The predicted octanol–water partition coefficient (Wildman–Crippen LogP) is 5.26. The summed E-state index contributed by atoms with van der Waals surface area (Å²) in [6, 6.07) is 11.2. The summed E-state index contributed by atoms with van der Waals surface area (Å²) < 4.78 is 0. The number of rotatable bonds is 3. The smallest absolute Gasteiger partial charge is 0.0603 e. The molecule has 2 rings (SSSR count). The molecule has 0 radical (unpaired) electrons. The van der Waals surface area contributed by atoms with Crippen molar-refractivity contribution in [3.8, 4) is 0 Å². The Morgan fingerprint density at radius 3 is 2.39 bits per heavy atom. The summed E-state index contributed by atoms with van der Waals surface area (Å²) in [6.45, 7) is 0.449. The van der Waals surface area contributed by atoms with Gasteiger partial charge in [0.25, 0.3) is 0 Å². The summed E-state index contributed by atoms with van der Waals surface area (Å²) in [5.74, 6) is 0. The maximum atomic E-state index is 5.99. The minimum absolute atomic E-state index is 0.449. The summed E-state index contributed by atoms with van der Waals surface area (Å²) in [7, 11) is 0.